The Labute approximate surface area is 63.4 Å². The quantitative estimate of drug-likeness (QED) is 0.528. The molecule has 1 fully saturated rings. The highest BCUT2D eigenvalue weighted by molar-refractivity contribution is 5.97. The van der Waals surface area contributed by atoms with Crippen molar-refractivity contribution in [2.45, 2.75) is 6.42 Å². The van der Waals surface area contributed by atoms with Crippen LogP contribution in [0.5, 0.6) is 0 Å². The number of carbonyl (C=O) groups excluding carboxylic acids is 3. The number of rotatable bonds is 2. The monoisotopic (exact) mass is 156 g/mol. The standard InChI is InChI=1S/C6H8N2O3/c9-4-3-8-2-1-5(10)7-6(8)11/h4H,1-3H2,(H,7,10,11). The fourth-order valence-corrected chi connectivity index (χ4v) is 0.863. The number of nitrogens with one attached hydrogen (secondary N) is 1. The Morgan fingerprint density at radius 3 is 2.82 bits per heavy atom. The first-order valence-electron chi connectivity index (χ1n) is 3.26. The van der Waals surface area contributed by atoms with Crippen LogP contribution in [0.2, 0.25) is 0 Å². The molecule has 5 nitrogen and oxygen atoms in total. The first kappa shape index (κ1) is 7.71. The fourth-order valence-electron chi connectivity index (χ4n) is 0.863. The zero-order valence-corrected chi connectivity index (χ0v) is 5.87. The van der Waals surface area contributed by atoms with Gasteiger partial charge < -0.3 is 9.69 Å². The third-order valence-corrected chi connectivity index (χ3v) is 1.44. The molecule has 0 spiro atoms. The number of nitrogens with zero attached hydrogens (tertiary/aromatic N) is 1. The number of aldehydes is 1. The van der Waals surface area contributed by atoms with E-state index in [1.807, 2.05) is 0 Å². The van der Waals surface area contributed by atoms with Crippen LogP contribution in [-0.2, 0) is 9.59 Å². The van der Waals surface area contributed by atoms with Crippen LogP contribution in [0, 0.1) is 0 Å². The van der Waals surface area contributed by atoms with Crippen LogP contribution in [0.25, 0.3) is 0 Å². The van der Waals surface area contributed by atoms with Gasteiger partial charge in [0, 0.05) is 13.0 Å². The van der Waals surface area contributed by atoms with Crippen LogP contribution in [0.3, 0.4) is 0 Å². The number of carbonyl (C=O) groups is 3. The molecule has 1 aliphatic rings. The van der Waals surface area contributed by atoms with E-state index in [9.17, 15) is 14.4 Å². The molecule has 0 atom stereocenters. The van der Waals surface area contributed by atoms with Gasteiger partial charge in [-0.1, -0.05) is 0 Å². The Bertz CT molecular complexity index is 202. The van der Waals surface area contributed by atoms with Gasteiger partial charge in [-0.05, 0) is 0 Å². The van der Waals surface area contributed by atoms with Crippen molar-refractivity contribution in [1.82, 2.24) is 10.2 Å². The Hall–Kier alpha value is -1.39. The highest BCUT2D eigenvalue weighted by Crippen LogP contribution is 1.97. The van der Waals surface area contributed by atoms with Crippen LogP contribution in [0.1, 0.15) is 6.42 Å². The lowest BCUT2D eigenvalue weighted by Crippen LogP contribution is -2.49. The van der Waals surface area contributed by atoms with Gasteiger partial charge in [-0.25, -0.2) is 4.79 Å². The van der Waals surface area contributed by atoms with E-state index >= 15 is 0 Å². The Morgan fingerprint density at radius 1 is 1.55 bits per heavy atom. The second-order valence-corrected chi connectivity index (χ2v) is 2.22. The van der Waals surface area contributed by atoms with Gasteiger partial charge in [0.25, 0.3) is 0 Å². The van der Waals surface area contributed by atoms with Crippen LogP contribution >= 0.6 is 0 Å². The first-order chi connectivity index (χ1) is 5.24. The van der Waals surface area contributed by atoms with Gasteiger partial charge in [-0.2, -0.15) is 0 Å². The number of hydrogen-bond acceptors (Lipinski definition) is 3. The maximum atomic E-state index is 10.8. The van der Waals surface area contributed by atoms with Crippen LogP contribution in [0.4, 0.5) is 4.79 Å². The summed E-state index contributed by atoms with van der Waals surface area (Å²) in [6, 6.07) is -0.478. The van der Waals surface area contributed by atoms with Crippen LogP contribution < -0.4 is 5.32 Å². The van der Waals surface area contributed by atoms with Crippen molar-refractivity contribution >= 4 is 18.2 Å². The molecule has 0 aromatic rings. The Kier molecular flexibility index (Phi) is 2.20. The molecule has 1 rings (SSSR count). The molecule has 0 saturated carbocycles. The van der Waals surface area contributed by atoms with Gasteiger partial charge in [0.1, 0.15) is 6.29 Å². The predicted octanol–water partition coefficient (Wildman–Crippen LogP) is -0.873. The lowest BCUT2D eigenvalue weighted by atomic mass is 10.3. The Morgan fingerprint density at radius 2 is 2.27 bits per heavy atom. The molecular weight excluding hydrogens is 148 g/mol. The second kappa shape index (κ2) is 3.14. The van der Waals surface area contributed by atoms with E-state index in [0.717, 1.165) is 0 Å². The minimum atomic E-state index is -0.478. The summed E-state index contributed by atoms with van der Waals surface area (Å²) in [5, 5.41) is 2.10. The van der Waals surface area contributed by atoms with Gasteiger partial charge in [0.05, 0.1) is 6.54 Å². The molecule has 1 saturated heterocycles. The third-order valence-electron chi connectivity index (χ3n) is 1.44. The van der Waals surface area contributed by atoms with Gasteiger partial charge >= 0.3 is 6.03 Å². The zero-order chi connectivity index (χ0) is 8.27. The largest absolute Gasteiger partial charge is 0.324 e. The van der Waals surface area contributed by atoms with Crippen molar-refractivity contribution in [3.8, 4) is 0 Å². The molecule has 1 heterocycles. The summed E-state index contributed by atoms with van der Waals surface area (Å²) < 4.78 is 0. The van der Waals surface area contributed by atoms with Crippen LogP contribution in [-0.4, -0.2) is 36.2 Å². The zero-order valence-electron chi connectivity index (χ0n) is 5.87. The smallest absolute Gasteiger partial charge is 0.317 e. The van der Waals surface area contributed by atoms with Crippen molar-refractivity contribution in [1.29, 1.82) is 0 Å². The van der Waals surface area contributed by atoms with E-state index in [1.165, 1.54) is 4.90 Å². The van der Waals surface area contributed by atoms with Gasteiger partial charge in [-0.3, -0.25) is 10.1 Å². The van der Waals surface area contributed by atoms with Crippen molar-refractivity contribution in [2.75, 3.05) is 13.1 Å². The number of amides is 3. The summed E-state index contributed by atoms with van der Waals surface area (Å²) in [7, 11) is 0. The van der Waals surface area contributed by atoms with Gasteiger partial charge in [0.2, 0.25) is 5.91 Å². The molecule has 11 heavy (non-hydrogen) atoms. The van der Waals surface area contributed by atoms with Crippen LogP contribution in [0.15, 0.2) is 0 Å². The number of urea groups is 1. The molecule has 1 aliphatic heterocycles. The maximum Gasteiger partial charge on any atom is 0.324 e. The highest BCUT2D eigenvalue weighted by atomic mass is 16.2. The summed E-state index contributed by atoms with van der Waals surface area (Å²) >= 11 is 0. The molecule has 0 unspecified atom stereocenters. The van der Waals surface area contributed by atoms with Crippen molar-refractivity contribution in [3.05, 3.63) is 0 Å². The summed E-state index contributed by atoms with van der Waals surface area (Å²) in [6.45, 7) is 0.391. The summed E-state index contributed by atoms with van der Waals surface area (Å²) in [5.74, 6) is -0.280. The second-order valence-electron chi connectivity index (χ2n) is 2.22. The average Bonchev–Trinajstić information content (AvgIpc) is 1.95. The summed E-state index contributed by atoms with van der Waals surface area (Å²) in [4.78, 5) is 32.7. The fraction of sp³-hybridized carbons (Fsp3) is 0.500. The lowest BCUT2D eigenvalue weighted by Gasteiger charge is -2.23. The number of hydrogen-bond donors (Lipinski definition) is 1. The Balaban J connectivity index is 2.50. The van der Waals surface area contributed by atoms with E-state index < -0.39 is 6.03 Å². The molecule has 0 bridgehead atoms. The minimum absolute atomic E-state index is 0.0547. The van der Waals surface area contributed by atoms with E-state index in [2.05, 4.69) is 5.32 Å². The first-order valence-corrected chi connectivity index (χ1v) is 3.26. The van der Waals surface area contributed by atoms with Crippen molar-refractivity contribution < 1.29 is 14.4 Å². The number of imide groups is 1. The molecule has 5 heteroatoms. The molecule has 1 N–H and O–H groups in total. The highest BCUT2D eigenvalue weighted by Gasteiger charge is 2.21. The molecule has 60 valence electrons. The molecule has 0 radical (unpaired) electrons. The summed E-state index contributed by atoms with van der Waals surface area (Å²) in [5.41, 5.74) is 0. The molecule has 3 amide bonds. The topological polar surface area (TPSA) is 66.5 Å². The normalized spacial score (nSPS) is 18.0. The predicted molar refractivity (Wildman–Crippen MR) is 35.8 cm³/mol. The van der Waals surface area contributed by atoms with E-state index in [1.54, 1.807) is 0 Å². The molecule has 0 aliphatic carbocycles. The summed E-state index contributed by atoms with van der Waals surface area (Å²) in [6.07, 6.45) is 0.912. The van der Waals surface area contributed by atoms with Gasteiger partial charge in [-0.15, -0.1) is 0 Å². The maximum absolute atomic E-state index is 10.8. The molecule has 0 aromatic heterocycles. The van der Waals surface area contributed by atoms with E-state index in [-0.39, 0.29) is 18.9 Å². The van der Waals surface area contributed by atoms with Gasteiger partial charge in [0.15, 0.2) is 0 Å². The van der Waals surface area contributed by atoms with Crippen molar-refractivity contribution in [3.63, 3.8) is 0 Å². The van der Waals surface area contributed by atoms with Crippen molar-refractivity contribution in [2.24, 2.45) is 0 Å². The third kappa shape index (κ3) is 1.76. The minimum Gasteiger partial charge on any atom is -0.317 e. The molecular formula is C6H8N2O3. The van der Waals surface area contributed by atoms with E-state index in [0.29, 0.717) is 12.8 Å². The lowest BCUT2D eigenvalue weighted by molar-refractivity contribution is -0.122. The van der Waals surface area contributed by atoms with E-state index in [4.69, 9.17) is 0 Å². The average molecular weight is 156 g/mol. The molecule has 0 aromatic carbocycles. The SMILES string of the molecule is O=CCN1CCC(=O)NC1=O.